The first-order valence-corrected chi connectivity index (χ1v) is 9.94. The number of rotatable bonds is 7. The van der Waals surface area contributed by atoms with Crippen molar-refractivity contribution >= 4 is 11.6 Å². The highest BCUT2D eigenvalue weighted by molar-refractivity contribution is 5.88. The lowest BCUT2D eigenvalue weighted by atomic mass is 9.89. The van der Waals surface area contributed by atoms with E-state index in [1.54, 1.807) is 12.1 Å². The lowest BCUT2D eigenvalue weighted by molar-refractivity contribution is 0.0694. The second-order valence-electron chi connectivity index (χ2n) is 7.32. The van der Waals surface area contributed by atoms with E-state index in [4.69, 9.17) is 0 Å². The Hall–Kier alpha value is -3.68. The zero-order valence-corrected chi connectivity index (χ0v) is 16.8. The summed E-state index contributed by atoms with van der Waals surface area (Å²) in [5, 5.41) is 9.65. The van der Waals surface area contributed by atoms with E-state index in [0.717, 1.165) is 18.4 Å². The summed E-state index contributed by atoms with van der Waals surface area (Å²) in [6.07, 6.45) is 6.08. The van der Waals surface area contributed by atoms with Crippen molar-refractivity contribution in [2.45, 2.75) is 32.1 Å². The molecule has 1 aromatic carbocycles. The number of imidazole rings is 1. The number of carboxylic acids is 1. The number of nitrogens with zero attached hydrogens (tertiary/aromatic N) is 4. The lowest BCUT2D eigenvalue weighted by Crippen LogP contribution is -2.12. The van der Waals surface area contributed by atoms with Crippen molar-refractivity contribution in [3.05, 3.63) is 83.4 Å². The third-order valence-electron chi connectivity index (χ3n) is 5.22. The minimum absolute atomic E-state index is 0.00645. The average Bonchev–Trinajstić information content (AvgIpc) is 3.17. The molecular formula is C23H20F2N4O2. The smallest absolute Gasteiger partial charge is 0.339 e. The van der Waals surface area contributed by atoms with Gasteiger partial charge in [-0.25, -0.2) is 28.5 Å². The van der Waals surface area contributed by atoms with Gasteiger partial charge in [-0.1, -0.05) is 25.5 Å². The quantitative estimate of drug-likeness (QED) is 0.458. The molecular weight excluding hydrogens is 402 g/mol. The average molecular weight is 422 g/mol. The molecule has 0 aliphatic heterocycles. The number of aromatic carboxylic acids is 1. The fourth-order valence-corrected chi connectivity index (χ4v) is 3.70. The van der Waals surface area contributed by atoms with Crippen LogP contribution in [0, 0.1) is 11.6 Å². The Kier molecular flexibility index (Phi) is 5.70. The fourth-order valence-electron chi connectivity index (χ4n) is 3.70. The molecule has 8 heteroatoms. The van der Waals surface area contributed by atoms with Gasteiger partial charge < -0.3 is 5.11 Å². The topological polar surface area (TPSA) is 80.4 Å². The van der Waals surface area contributed by atoms with Crippen molar-refractivity contribution in [2.75, 3.05) is 0 Å². The maximum atomic E-state index is 13.7. The second-order valence-corrected chi connectivity index (χ2v) is 7.32. The second kappa shape index (κ2) is 8.59. The van der Waals surface area contributed by atoms with Crippen LogP contribution in [-0.2, 0) is 6.42 Å². The Bertz CT molecular complexity index is 1240. The number of carboxylic acid groups (broad SMARTS) is 1. The molecule has 4 rings (SSSR count). The molecule has 4 aromatic rings. The highest BCUT2D eigenvalue weighted by Gasteiger charge is 2.21. The molecule has 3 aromatic heterocycles. The molecule has 3 heterocycles. The molecule has 0 radical (unpaired) electrons. The Labute approximate surface area is 177 Å². The molecule has 1 N–H and O–H groups in total. The number of carbonyl (C=O) groups is 1. The van der Waals surface area contributed by atoms with Gasteiger partial charge in [0.15, 0.2) is 5.82 Å². The Morgan fingerprint density at radius 1 is 1.06 bits per heavy atom. The van der Waals surface area contributed by atoms with E-state index in [1.165, 1.54) is 47.3 Å². The minimum Gasteiger partial charge on any atom is -0.478 e. The number of aromatic nitrogens is 4. The lowest BCUT2D eigenvalue weighted by Gasteiger charge is -2.18. The molecule has 0 aliphatic carbocycles. The van der Waals surface area contributed by atoms with Crippen molar-refractivity contribution in [3.63, 3.8) is 0 Å². The molecule has 0 saturated carbocycles. The van der Waals surface area contributed by atoms with Gasteiger partial charge >= 0.3 is 5.97 Å². The monoisotopic (exact) mass is 422 g/mol. The normalized spacial score (nSPS) is 12.2. The number of hydrogen-bond donors (Lipinski definition) is 1. The predicted octanol–water partition coefficient (Wildman–Crippen LogP) is 4.89. The maximum Gasteiger partial charge on any atom is 0.339 e. The molecule has 0 saturated heterocycles. The first-order chi connectivity index (χ1) is 15.0. The molecule has 0 aliphatic rings. The van der Waals surface area contributed by atoms with Gasteiger partial charge in [-0.2, -0.15) is 0 Å². The molecule has 1 atom stereocenters. The molecule has 0 bridgehead atoms. The maximum absolute atomic E-state index is 13.7. The summed E-state index contributed by atoms with van der Waals surface area (Å²) >= 11 is 0. The summed E-state index contributed by atoms with van der Waals surface area (Å²) in [5.41, 5.74) is 2.27. The van der Waals surface area contributed by atoms with Crippen LogP contribution < -0.4 is 0 Å². The predicted molar refractivity (Wildman–Crippen MR) is 111 cm³/mol. The molecule has 0 spiro atoms. The number of halogens is 2. The van der Waals surface area contributed by atoms with Gasteiger partial charge in [0, 0.05) is 12.4 Å². The standard InChI is InChI=1S/C23H20F2N4O2/c1-2-3-15(14-4-6-16(24)7-5-14)10-19-18(23(30)31)11-27-22(28-19)20-12-26-21-9-8-17(25)13-29(20)21/h4-9,11-13,15H,2-3,10H2,1H3,(H,30,31)/t15-/m1/s1. The summed E-state index contributed by atoms with van der Waals surface area (Å²) in [6, 6.07) is 9.07. The van der Waals surface area contributed by atoms with Crippen LogP contribution in [0.1, 0.15) is 47.3 Å². The van der Waals surface area contributed by atoms with Crippen molar-refractivity contribution in [2.24, 2.45) is 0 Å². The molecule has 31 heavy (non-hydrogen) atoms. The zero-order valence-electron chi connectivity index (χ0n) is 16.8. The van der Waals surface area contributed by atoms with Gasteiger partial charge in [0.2, 0.25) is 0 Å². The van der Waals surface area contributed by atoms with Crippen molar-refractivity contribution in [1.29, 1.82) is 0 Å². The van der Waals surface area contributed by atoms with Gasteiger partial charge in [-0.05, 0) is 48.6 Å². The summed E-state index contributed by atoms with van der Waals surface area (Å²) < 4.78 is 28.6. The molecule has 0 amide bonds. The first kappa shape index (κ1) is 20.6. The Morgan fingerprint density at radius 2 is 1.81 bits per heavy atom. The van der Waals surface area contributed by atoms with Crippen LogP contribution in [0.15, 0.2) is 55.0 Å². The third-order valence-corrected chi connectivity index (χ3v) is 5.22. The van der Waals surface area contributed by atoms with Crippen LogP contribution in [0.4, 0.5) is 8.78 Å². The van der Waals surface area contributed by atoms with Gasteiger partial charge in [0.25, 0.3) is 0 Å². The van der Waals surface area contributed by atoms with Crippen LogP contribution >= 0.6 is 0 Å². The van der Waals surface area contributed by atoms with E-state index in [1.807, 2.05) is 6.92 Å². The van der Waals surface area contributed by atoms with Crippen molar-refractivity contribution in [1.82, 2.24) is 19.4 Å². The summed E-state index contributed by atoms with van der Waals surface area (Å²) in [6.45, 7) is 2.03. The number of pyridine rings is 1. The van der Waals surface area contributed by atoms with Crippen molar-refractivity contribution in [3.8, 4) is 11.5 Å². The minimum atomic E-state index is -1.12. The zero-order chi connectivity index (χ0) is 22.0. The van der Waals surface area contributed by atoms with Crippen LogP contribution in [-0.4, -0.2) is 30.4 Å². The van der Waals surface area contributed by atoms with E-state index in [0.29, 0.717) is 23.5 Å². The largest absolute Gasteiger partial charge is 0.478 e. The number of benzene rings is 1. The van der Waals surface area contributed by atoms with E-state index < -0.39 is 11.8 Å². The fraction of sp³-hybridized carbons (Fsp3) is 0.217. The van der Waals surface area contributed by atoms with Crippen molar-refractivity contribution < 1.29 is 18.7 Å². The van der Waals surface area contributed by atoms with Crippen LogP contribution in [0.3, 0.4) is 0 Å². The van der Waals surface area contributed by atoms with E-state index >= 15 is 0 Å². The summed E-state index contributed by atoms with van der Waals surface area (Å²) in [7, 11) is 0. The highest BCUT2D eigenvalue weighted by Crippen LogP contribution is 2.28. The first-order valence-electron chi connectivity index (χ1n) is 9.94. The SMILES string of the molecule is CCC[C@H](Cc1nc(-c2cnc3ccc(F)cn23)ncc1C(=O)O)c1ccc(F)cc1. The Morgan fingerprint density at radius 3 is 2.52 bits per heavy atom. The highest BCUT2D eigenvalue weighted by atomic mass is 19.1. The summed E-state index contributed by atoms with van der Waals surface area (Å²) in [4.78, 5) is 24.8. The molecule has 0 unspecified atom stereocenters. The number of fused-ring (bicyclic) bond motifs is 1. The molecule has 158 valence electrons. The van der Waals surface area contributed by atoms with Gasteiger partial charge in [-0.15, -0.1) is 0 Å². The third kappa shape index (κ3) is 4.28. The molecule has 6 nitrogen and oxygen atoms in total. The molecule has 0 fully saturated rings. The van der Waals surface area contributed by atoms with Crippen LogP contribution in [0.5, 0.6) is 0 Å². The van der Waals surface area contributed by atoms with Crippen LogP contribution in [0.2, 0.25) is 0 Å². The van der Waals surface area contributed by atoms with Crippen LogP contribution in [0.25, 0.3) is 17.2 Å². The van der Waals surface area contributed by atoms with E-state index in [9.17, 15) is 18.7 Å². The van der Waals surface area contributed by atoms with Gasteiger partial charge in [0.1, 0.15) is 23.0 Å². The van der Waals surface area contributed by atoms with E-state index in [-0.39, 0.29) is 23.1 Å². The Balaban J connectivity index is 1.77. The van der Waals surface area contributed by atoms with Gasteiger partial charge in [-0.3, -0.25) is 4.40 Å². The van der Waals surface area contributed by atoms with E-state index in [2.05, 4.69) is 15.0 Å². The number of hydrogen-bond acceptors (Lipinski definition) is 4. The summed E-state index contributed by atoms with van der Waals surface area (Å²) in [5.74, 6) is -1.67. The van der Waals surface area contributed by atoms with Gasteiger partial charge in [0.05, 0.1) is 17.5 Å².